The van der Waals surface area contributed by atoms with Gasteiger partial charge >= 0.3 is 5.97 Å². The highest BCUT2D eigenvalue weighted by Crippen LogP contribution is 2.35. The van der Waals surface area contributed by atoms with Gasteiger partial charge in [-0.25, -0.2) is 4.98 Å². The Morgan fingerprint density at radius 1 is 1.29 bits per heavy atom. The zero-order valence-electron chi connectivity index (χ0n) is 16.2. The average molecular weight is 444 g/mol. The summed E-state index contributed by atoms with van der Waals surface area (Å²) < 4.78 is 0. The van der Waals surface area contributed by atoms with E-state index in [2.05, 4.69) is 19.2 Å². The fourth-order valence-electron chi connectivity index (χ4n) is 2.86. The lowest BCUT2D eigenvalue weighted by Gasteiger charge is -2.12. The highest BCUT2D eigenvalue weighted by molar-refractivity contribution is 7.16. The highest BCUT2D eigenvalue weighted by Gasteiger charge is 2.19. The molecule has 8 heteroatoms. The molecule has 154 valence electrons. The van der Waals surface area contributed by atoms with Gasteiger partial charge < -0.3 is 16.2 Å². The number of unbranched alkanes of at least 4 members (excludes halogenated alkanes) is 1. The quantitative estimate of drug-likeness (QED) is 0.395. The zero-order valence-corrected chi connectivity index (χ0v) is 18.5. The highest BCUT2D eigenvalue weighted by atomic mass is 35.5. The number of carboxylic acid groups (broad SMARTS) is 1. The van der Waals surface area contributed by atoms with Crippen LogP contribution in [0.2, 0.25) is 10.0 Å². The predicted octanol–water partition coefficient (Wildman–Crippen LogP) is 5.56. The van der Waals surface area contributed by atoms with E-state index >= 15 is 0 Å². The molecule has 0 saturated carbocycles. The Labute approximate surface area is 180 Å². The first-order valence-electron chi connectivity index (χ1n) is 9.43. The summed E-state index contributed by atoms with van der Waals surface area (Å²) in [6.07, 6.45) is 3.12. The first kappa shape index (κ1) is 22.9. The summed E-state index contributed by atoms with van der Waals surface area (Å²) in [5.74, 6) is -0.788. The molecule has 0 radical (unpaired) electrons. The van der Waals surface area contributed by atoms with Crippen LogP contribution in [0.5, 0.6) is 0 Å². The molecule has 4 N–H and O–H groups in total. The lowest BCUT2D eigenvalue weighted by Crippen LogP contribution is -2.23. The fraction of sp³-hybridized carbons (Fsp3) is 0.500. The van der Waals surface area contributed by atoms with E-state index in [1.165, 1.54) is 0 Å². The Bertz CT molecular complexity index is 796. The molecule has 1 aromatic heterocycles. The van der Waals surface area contributed by atoms with Gasteiger partial charge in [0.2, 0.25) is 0 Å². The smallest absolute Gasteiger partial charge is 0.308 e. The van der Waals surface area contributed by atoms with E-state index in [0.29, 0.717) is 35.5 Å². The van der Waals surface area contributed by atoms with Crippen molar-refractivity contribution in [1.29, 1.82) is 0 Å². The Kier molecular flexibility index (Phi) is 9.02. The van der Waals surface area contributed by atoms with Crippen molar-refractivity contribution in [2.75, 3.05) is 18.4 Å². The summed E-state index contributed by atoms with van der Waals surface area (Å²) >= 11 is 13.8. The lowest BCUT2D eigenvalue weighted by atomic mass is 10.0. The van der Waals surface area contributed by atoms with Crippen molar-refractivity contribution in [2.24, 2.45) is 17.6 Å². The minimum atomic E-state index is -0.798. The van der Waals surface area contributed by atoms with E-state index in [4.69, 9.17) is 33.9 Å². The van der Waals surface area contributed by atoms with E-state index in [0.717, 1.165) is 40.5 Å². The Balaban J connectivity index is 2.19. The maximum atomic E-state index is 11.5. The average Bonchev–Trinajstić information content (AvgIpc) is 3.02. The van der Waals surface area contributed by atoms with E-state index in [1.54, 1.807) is 17.4 Å². The van der Waals surface area contributed by atoms with Crippen LogP contribution in [0.1, 0.15) is 38.0 Å². The van der Waals surface area contributed by atoms with Crippen LogP contribution in [0.4, 0.5) is 5.13 Å². The standard InChI is InChI=1S/C20H27Cl2N3O2S/c1-12(2)9-17-18(13-6-7-15(21)16(22)10-13)25-20(28-17)24-11-14(19(26)27)5-3-4-8-23/h6-7,10,12,14H,3-5,8-9,11,23H2,1-2H3,(H,24,25)(H,26,27). The van der Waals surface area contributed by atoms with Crippen molar-refractivity contribution in [1.82, 2.24) is 4.98 Å². The maximum absolute atomic E-state index is 11.5. The molecule has 2 rings (SSSR count). The van der Waals surface area contributed by atoms with E-state index in [9.17, 15) is 9.90 Å². The van der Waals surface area contributed by atoms with Gasteiger partial charge in [0.05, 0.1) is 21.7 Å². The summed E-state index contributed by atoms with van der Waals surface area (Å²) in [6.45, 7) is 5.24. The molecule has 2 aromatic rings. The number of nitrogens with zero attached hydrogens (tertiary/aromatic N) is 1. The van der Waals surface area contributed by atoms with Crippen molar-refractivity contribution in [2.45, 2.75) is 39.5 Å². The number of benzene rings is 1. The van der Waals surface area contributed by atoms with Gasteiger partial charge in [-0.3, -0.25) is 4.79 Å². The largest absolute Gasteiger partial charge is 0.481 e. The predicted molar refractivity (Wildman–Crippen MR) is 119 cm³/mol. The maximum Gasteiger partial charge on any atom is 0.308 e. The van der Waals surface area contributed by atoms with Crippen LogP contribution in [0.3, 0.4) is 0 Å². The van der Waals surface area contributed by atoms with Crippen molar-refractivity contribution in [3.8, 4) is 11.3 Å². The number of aliphatic carboxylic acids is 1. The molecule has 1 heterocycles. The van der Waals surface area contributed by atoms with Crippen LogP contribution in [0.15, 0.2) is 18.2 Å². The molecular weight excluding hydrogens is 417 g/mol. The number of carboxylic acids is 1. The number of carbonyl (C=O) groups is 1. The monoisotopic (exact) mass is 443 g/mol. The van der Waals surface area contributed by atoms with Crippen LogP contribution in [-0.2, 0) is 11.2 Å². The van der Waals surface area contributed by atoms with Crippen molar-refractivity contribution < 1.29 is 9.90 Å². The molecule has 5 nitrogen and oxygen atoms in total. The second-order valence-corrected chi connectivity index (χ2v) is 9.12. The molecule has 0 aliphatic carbocycles. The first-order valence-corrected chi connectivity index (χ1v) is 11.0. The second-order valence-electron chi connectivity index (χ2n) is 7.22. The van der Waals surface area contributed by atoms with Gasteiger partial charge in [-0.1, -0.05) is 49.5 Å². The molecule has 0 aliphatic rings. The zero-order chi connectivity index (χ0) is 20.7. The van der Waals surface area contributed by atoms with Crippen LogP contribution >= 0.6 is 34.5 Å². The Morgan fingerprint density at radius 3 is 2.64 bits per heavy atom. The van der Waals surface area contributed by atoms with Crippen LogP contribution in [0, 0.1) is 11.8 Å². The second kappa shape index (κ2) is 11.0. The number of halogens is 2. The molecule has 0 spiro atoms. The first-order chi connectivity index (χ1) is 13.3. The molecule has 1 unspecified atom stereocenters. The van der Waals surface area contributed by atoms with Crippen LogP contribution in [-0.4, -0.2) is 29.1 Å². The molecule has 0 saturated heterocycles. The molecule has 0 aliphatic heterocycles. The number of rotatable bonds is 11. The number of aromatic nitrogens is 1. The van der Waals surface area contributed by atoms with Gasteiger partial charge in [-0.05, 0) is 43.9 Å². The molecule has 0 amide bonds. The molecule has 28 heavy (non-hydrogen) atoms. The minimum absolute atomic E-state index is 0.343. The summed E-state index contributed by atoms with van der Waals surface area (Å²) in [4.78, 5) is 17.4. The molecule has 0 bridgehead atoms. The molecule has 1 aromatic carbocycles. The number of nitrogens with one attached hydrogen (secondary N) is 1. The van der Waals surface area contributed by atoms with Gasteiger partial charge in [0.15, 0.2) is 5.13 Å². The van der Waals surface area contributed by atoms with E-state index in [-0.39, 0.29) is 0 Å². The summed E-state index contributed by atoms with van der Waals surface area (Å²) in [5.41, 5.74) is 7.28. The topological polar surface area (TPSA) is 88.2 Å². The van der Waals surface area contributed by atoms with Crippen LogP contribution < -0.4 is 11.1 Å². The number of hydrogen-bond acceptors (Lipinski definition) is 5. The lowest BCUT2D eigenvalue weighted by molar-refractivity contribution is -0.141. The van der Waals surface area contributed by atoms with Crippen molar-refractivity contribution in [3.05, 3.63) is 33.1 Å². The van der Waals surface area contributed by atoms with Crippen LogP contribution in [0.25, 0.3) is 11.3 Å². The molecule has 1 atom stereocenters. The fourth-order valence-corrected chi connectivity index (χ4v) is 4.36. The minimum Gasteiger partial charge on any atom is -0.481 e. The number of hydrogen-bond donors (Lipinski definition) is 3. The molecular formula is C20H27Cl2N3O2S. The molecule has 0 fully saturated rings. The third-order valence-electron chi connectivity index (χ3n) is 4.34. The summed E-state index contributed by atoms with van der Waals surface area (Å²) in [5, 5.41) is 14.4. The Morgan fingerprint density at radius 2 is 2.04 bits per heavy atom. The van der Waals surface area contributed by atoms with Gasteiger partial charge in [0, 0.05) is 17.0 Å². The van der Waals surface area contributed by atoms with E-state index < -0.39 is 11.9 Å². The van der Waals surface area contributed by atoms with Gasteiger partial charge in [0.25, 0.3) is 0 Å². The normalized spacial score (nSPS) is 12.4. The summed E-state index contributed by atoms with van der Waals surface area (Å²) in [6, 6.07) is 5.49. The third-order valence-corrected chi connectivity index (χ3v) is 6.11. The summed E-state index contributed by atoms with van der Waals surface area (Å²) in [7, 11) is 0. The van der Waals surface area contributed by atoms with Crippen molar-refractivity contribution in [3.63, 3.8) is 0 Å². The van der Waals surface area contributed by atoms with Gasteiger partial charge in [-0.15, -0.1) is 11.3 Å². The van der Waals surface area contributed by atoms with Gasteiger partial charge in [0.1, 0.15) is 0 Å². The van der Waals surface area contributed by atoms with Gasteiger partial charge in [-0.2, -0.15) is 0 Å². The van der Waals surface area contributed by atoms with E-state index in [1.807, 2.05) is 12.1 Å². The Hall–Kier alpha value is -1.34. The van der Waals surface area contributed by atoms with Crippen molar-refractivity contribution >= 4 is 45.6 Å². The number of nitrogens with two attached hydrogens (primary N) is 1. The third kappa shape index (κ3) is 6.62. The SMILES string of the molecule is CC(C)Cc1sc(NCC(CCCCN)C(=O)O)nc1-c1ccc(Cl)c(Cl)c1. The number of thiazole rings is 1. The number of anilines is 1.